The Morgan fingerprint density at radius 1 is 1.07 bits per heavy atom. The summed E-state index contributed by atoms with van der Waals surface area (Å²) in [4.78, 5) is 25.0. The molecule has 144 valence electrons. The molecule has 0 radical (unpaired) electrons. The Kier molecular flexibility index (Phi) is 6.86. The SMILES string of the molecule is Cc1ccc(NC(=O)[C@H](Cc2ccccc2Cl)NC(=O)OC(C)(C)C)cc1. The molecule has 2 rings (SSSR count). The Morgan fingerprint density at radius 3 is 2.30 bits per heavy atom. The Labute approximate surface area is 165 Å². The van der Waals surface area contributed by atoms with Gasteiger partial charge in [0, 0.05) is 17.1 Å². The maximum Gasteiger partial charge on any atom is 0.408 e. The van der Waals surface area contributed by atoms with Gasteiger partial charge in [0.15, 0.2) is 0 Å². The lowest BCUT2D eigenvalue weighted by Crippen LogP contribution is -2.47. The van der Waals surface area contributed by atoms with Crippen LogP contribution in [0.1, 0.15) is 31.9 Å². The second-order valence-corrected chi connectivity index (χ2v) is 7.76. The number of alkyl carbamates (subject to hydrolysis) is 1. The van der Waals surface area contributed by atoms with Crippen LogP contribution in [0, 0.1) is 6.92 Å². The molecule has 0 aliphatic heterocycles. The number of carbonyl (C=O) groups is 2. The first-order valence-corrected chi connectivity index (χ1v) is 9.12. The van der Waals surface area contributed by atoms with E-state index in [1.54, 1.807) is 26.8 Å². The zero-order valence-electron chi connectivity index (χ0n) is 16.0. The lowest BCUT2D eigenvalue weighted by Gasteiger charge is -2.23. The van der Waals surface area contributed by atoms with E-state index in [9.17, 15) is 9.59 Å². The monoisotopic (exact) mass is 388 g/mol. The van der Waals surface area contributed by atoms with Gasteiger partial charge in [-0.15, -0.1) is 0 Å². The highest BCUT2D eigenvalue weighted by Crippen LogP contribution is 2.18. The number of benzene rings is 2. The predicted octanol–water partition coefficient (Wildman–Crippen LogP) is 4.72. The van der Waals surface area contributed by atoms with Gasteiger partial charge in [-0.2, -0.15) is 0 Å². The molecule has 0 saturated heterocycles. The number of anilines is 1. The molecule has 0 unspecified atom stereocenters. The quantitative estimate of drug-likeness (QED) is 0.778. The molecule has 2 aromatic carbocycles. The predicted molar refractivity (Wildman–Crippen MR) is 108 cm³/mol. The van der Waals surface area contributed by atoms with Crippen molar-refractivity contribution in [3.8, 4) is 0 Å². The smallest absolute Gasteiger partial charge is 0.408 e. The summed E-state index contributed by atoms with van der Waals surface area (Å²) in [6.45, 7) is 7.27. The summed E-state index contributed by atoms with van der Waals surface area (Å²) in [7, 11) is 0. The molecule has 2 N–H and O–H groups in total. The van der Waals surface area contributed by atoms with E-state index < -0.39 is 17.7 Å². The molecule has 0 fully saturated rings. The number of aryl methyl sites for hydroxylation is 1. The standard InChI is InChI=1S/C21H25ClN2O3/c1-14-9-11-16(12-10-14)23-19(25)18(24-20(26)27-21(2,3)4)13-15-7-5-6-8-17(15)22/h5-12,18H,13H2,1-4H3,(H,23,25)(H,24,26)/t18-/m0/s1. The second-order valence-electron chi connectivity index (χ2n) is 7.35. The van der Waals surface area contributed by atoms with Crippen molar-refractivity contribution >= 4 is 29.3 Å². The summed E-state index contributed by atoms with van der Waals surface area (Å²) in [5.74, 6) is -0.343. The molecular formula is C21H25ClN2O3. The molecule has 0 spiro atoms. The number of rotatable bonds is 5. The van der Waals surface area contributed by atoms with Gasteiger partial charge in [-0.3, -0.25) is 4.79 Å². The minimum Gasteiger partial charge on any atom is -0.444 e. The molecule has 2 aromatic rings. The molecule has 2 amide bonds. The van der Waals surface area contributed by atoms with Gasteiger partial charge in [0.2, 0.25) is 5.91 Å². The Morgan fingerprint density at radius 2 is 1.70 bits per heavy atom. The molecule has 27 heavy (non-hydrogen) atoms. The van der Waals surface area contributed by atoms with Crippen molar-refractivity contribution in [3.05, 3.63) is 64.7 Å². The first-order chi connectivity index (χ1) is 12.6. The number of carbonyl (C=O) groups excluding carboxylic acids is 2. The summed E-state index contributed by atoms with van der Waals surface area (Å²) < 4.78 is 5.29. The fraction of sp³-hybridized carbons (Fsp3) is 0.333. The van der Waals surface area contributed by atoms with E-state index in [0.29, 0.717) is 10.7 Å². The minimum atomic E-state index is -0.832. The summed E-state index contributed by atoms with van der Waals surface area (Å²) in [6.07, 6.45) is -0.407. The molecule has 0 aliphatic carbocycles. The van der Waals surface area contributed by atoms with Gasteiger partial charge in [0.25, 0.3) is 0 Å². The highest BCUT2D eigenvalue weighted by atomic mass is 35.5. The lowest BCUT2D eigenvalue weighted by molar-refractivity contribution is -0.118. The van der Waals surface area contributed by atoms with Crippen LogP contribution in [-0.4, -0.2) is 23.6 Å². The van der Waals surface area contributed by atoms with Gasteiger partial charge >= 0.3 is 6.09 Å². The van der Waals surface area contributed by atoms with Gasteiger partial charge in [-0.05, 0) is 51.5 Å². The largest absolute Gasteiger partial charge is 0.444 e. The fourth-order valence-corrected chi connectivity index (χ4v) is 2.62. The van der Waals surface area contributed by atoms with Gasteiger partial charge in [-0.25, -0.2) is 4.79 Å². The molecule has 5 nitrogen and oxygen atoms in total. The van der Waals surface area contributed by atoms with Gasteiger partial charge < -0.3 is 15.4 Å². The molecule has 0 heterocycles. The van der Waals surface area contributed by atoms with E-state index in [-0.39, 0.29) is 12.3 Å². The number of hydrogen-bond acceptors (Lipinski definition) is 3. The van der Waals surface area contributed by atoms with Gasteiger partial charge in [0.1, 0.15) is 11.6 Å². The highest BCUT2D eigenvalue weighted by molar-refractivity contribution is 6.31. The maximum atomic E-state index is 12.8. The molecule has 0 aromatic heterocycles. The molecule has 0 aliphatic rings. The highest BCUT2D eigenvalue weighted by Gasteiger charge is 2.25. The summed E-state index contributed by atoms with van der Waals surface area (Å²) in [5.41, 5.74) is 1.85. The third-order valence-electron chi connectivity index (χ3n) is 3.71. The van der Waals surface area contributed by atoms with Crippen LogP contribution in [0.15, 0.2) is 48.5 Å². The Balaban J connectivity index is 2.17. The van der Waals surface area contributed by atoms with Crippen LogP contribution in [0.4, 0.5) is 10.5 Å². The van der Waals surface area contributed by atoms with Crippen LogP contribution in [0.5, 0.6) is 0 Å². The van der Waals surface area contributed by atoms with Gasteiger partial charge in [-0.1, -0.05) is 47.5 Å². The summed E-state index contributed by atoms with van der Waals surface area (Å²) >= 11 is 6.22. The average Bonchev–Trinajstić information content (AvgIpc) is 2.56. The normalized spacial score (nSPS) is 12.2. The Bertz CT molecular complexity index is 798. The van der Waals surface area contributed by atoms with Crippen LogP contribution >= 0.6 is 11.6 Å². The van der Waals surface area contributed by atoms with Crippen molar-refractivity contribution in [1.29, 1.82) is 0 Å². The van der Waals surface area contributed by atoms with Crippen LogP contribution in [0.2, 0.25) is 5.02 Å². The summed E-state index contributed by atoms with van der Waals surface area (Å²) in [6, 6.07) is 13.8. The van der Waals surface area contributed by atoms with E-state index in [1.807, 2.05) is 49.4 Å². The van der Waals surface area contributed by atoms with E-state index in [4.69, 9.17) is 16.3 Å². The molecule has 0 bridgehead atoms. The maximum absolute atomic E-state index is 12.8. The Hall–Kier alpha value is -2.53. The van der Waals surface area contributed by atoms with E-state index in [2.05, 4.69) is 10.6 Å². The first-order valence-electron chi connectivity index (χ1n) is 8.74. The van der Waals surface area contributed by atoms with Crippen LogP contribution in [-0.2, 0) is 16.0 Å². The third kappa shape index (κ3) is 6.94. The number of nitrogens with one attached hydrogen (secondary N) is 2. The lowest BCUT2D eigenvalue weighted by atomic mass is 10.0. The van der Waals surface area contributed by atoms with Crippen LogP contribution < -0.4 is 10.6 Å². The molecular weight excluding hydrogens is 364 g/mol. The summed E-state index contributed by atoms with van der Waals surface area (Å²) in [5, 5.41) is 6.01. The fourth-order valence-electron chi connectivity index (χ4n) is 2.41. The van der Waals surface area contributed by atoms with E-state index >= 15 is 0 Å². The van der Waals surface area contributed by atoms with Gasteiger partial charge in [0.05, 0.1) is 0 Å². The topological polar surface area (TPSA) is 67.4 Å². The zero-order chi connectivity index (χ0) is 20.0. The van der Waals surface area contributed by atoms with Crippen molar-refractivity contribution in [1.82, 2.24) is 5.32 Å². The molecule has 1 atom stereocenters. The molecule has 6 heteroatoms. The van der Waals surface area contributed by atoms with Crippen molar-refractivity contribution < 1.29 is 14.3 Å². The van der Waals surface area contributed by atoms with Crippen molar-refractivity contribution in [3.63, 3.8) is 0 Å². The van der Waals surface area contributed by atoms with Crippen molar-refractivity contribution in [2.75, 3.05) is 5.32 Å². The first kappa shape index (κ1) is 20.8. The average molecular weight is 389 g/mol. The number of hydrogen-bond donors (Lipinski definition) is 2. The number of amides is 2. The second kappa shape index (κ2) is 8.91. The minimum absolute atomic E-state index is 0.247. The van der Waals surface area contributed by atoms with Crippen LogP contribution in [0.3, 0.4) is 0 Å². The number of halogens is 1. The van der Waals surface area contributed by atoms with E-state index in [1.165, 1.54) is 0 Å². The van der Waals surface area contributed by atoms with Crippen molar-refractivity contribution in [2.45, 2.75) is 45.8 Å². The zero-order valence-corrected chi connectivity index (χ0v) is 16.8. The number of ether oxygens (including phenoxy) is 1. The van der Waals surface area contributed by atoms with E-state index in [0.717, 1.165) is 11.1 Å². The van der Waals surface area contributed by atoms with Crippen molar-refractivity contribution in [2.24, 2.45) is 0 Å². The molecule has 0 saturated carbocycles. The third-order valence-corrected chi connectivity index (χ3v) is 4.08. The van der Waals surface area contributed by atoms with Crippen LogP contribution in [0.25, 0.3) is 0 Å².